The Bertz CT molecular complexity index is 1300. The number of para-hydroxylation sites is 1. The van der Waals surface area contributed by atoms with Crippen LogP contribution in [0, 0.1) is 6.92 Å². The molecule has 0 atom stereocenters. The molecule has 32 heavy (non-hydrogen) atoms. The van der Waals surface area contributed by atoms with Crippen LogP contribution >= 0.6 is 0 Å². The second-order valence-electron chi connectivity index (χ2n) is 7.80. The highest BCUT2D eigenvalue weighted by Crippen LogP contribution is 2.30. The minimum Gasteiger partial charge on any atom is -0.378 e. The normalized spacial score (nSPS) is 17.4. The Kier molecular flexibility index (Phi) is 4.99. The lowest BCUT2D eigenvalue weighted by atomic mass is 10.0. The van der Waals surface area contributed by atoms with Crippen molar-refractivity contribution in [2.75, 3.05) is 36.5 Å². The van der Waals surface area contributed by atoms with Gasteiger partial charge >= 0.3 is 0 Å². The van der Waals surface area contributed by atoms with Gasteiger partial charge in [-0.15, -0.1) is 0 Å². The van der Waals surface area contributed by atoms with Crippen LogP contribution in [-0.4, -0.2) is 47.7 Å². The van der Waals surface area contributed by atoms with E-state index in [0.717, 1.165) is 24.3 Å². The second-order valence-corrected chi connectivity index (χ2v) is 7.80. The van der Waals surface area contributed by atoms with Gasteiger partial charge in [-0.2, -0.15) is 0 Å². The summed E-state index contributed by atoms with van der Waals surface area (Å²) in [5.74, 6) is -0.0761. The molecule has 1 saturated heterocycles. The van der Waals surface area contributed by atoms with E-state index in [1.807, 2.05) is 49.4 Å². The molecule has 2 aliphatic rings. The Labute approximate surface area is 184 Å². The number of rotatable bonds is 3. The number of anilines is 2. The average molecular weight is 429 g/mol. The van der Waals surface area contributed by atoms with Crippen molar-refractivity contribution in [3.05, 3.63) is 76.6 Å². The maximum Gasteiger partial charge on any atom is 0.281 e. The molecule has 1 fully saturated rings. The van der Waals surface area contributed by atoms with Gasteiger partial charge in [0.25, 0.3) is 11.5 Å². The zero-order valence-electron chi connectivity index (χ0n) is 17.7. The standard InChI is InChI=1S/C24H23N5O3/c1-15-14-18(28-10-12-32-13-11-28)8-9-19(15)25-21-16(2)20-22(26-23(21)30)27-29(24(20)31)17-6-4-3-5-7-17/h3-9,14,27H,2,10-13H2,1H3,(H,26,30). The summed E-state index contributed by atoms with van der Waals surface area (Å²) in [6, 6.07) is 15.1. The number of hydrogen-bond acceptors (Lipinski definition) is 5. The van der Waals surface area contributed by atoms with Crippen molar-refractivity contribution in [1.29, 1.82) is 0 Å². The lowest BCUT2D eigenvalue weighted by molar-refractivity contribution is -0.110. The maximum absolute atomic E-state index is 13.1. The van der Waals surface area contributed by atoms with E-state index >= 15 is 0 Å². The van der Waals surface area contributed by atoms with Crippen LogP contribution in [0.4, 0.5) is 17.2 Å². The van der Waals surface area contributed by atoms with E-state index in [1.165, 1.54) is 4.68 Å². The number of ether oxygens (including phenoxy) is 1. The smallest absolute Gasteiger partial charge is 0.281 e. The van der Waals surface area contributed by atoms with Gasteiger partial charge in [0, 0.05) is 24.4 Å². The minimum atomic E-state index is -0.402. The van der Waals surface area contributed by atoms with E-state index in [1.54, 1.807) is 0 Å². The van der Waals surface area contributed by atoms with E-state index in [2.05, 4.69) is 33.0 Å². The number of amides is 1. The molecular formula is C24H23N5O3. The van der Waals surface area contributed by atoms with Crippen molar-refractivity contribution in [2.24, 2.45) is 4.99 Å². The average Bonchev–Trinajstić information content (AvgIpc) is 3.14. The minimum absolute atomic E-state index is 0.135. The van der Waals surface area contributed by atoms with Gasteiger partial charge in [-0.3, -0.25) is 14.7 Å². The molecule has 3 heterocycles. The first-order valence-corrected chi connectivity index (χ1v) is 10.5. The number of aryl methyl sites for hydroxylation is 1. The molecule has 8 heteroatoms. The van der Waals surface area contributed by atoms with Crippen LogP contribution in [0.15, 0.2) is 64.9 Å². The molecule has 162 valence electrons. The molecule has 2 N–H and O–H groups in total. The molecule has 5 rings (SSSR count). The van der Waals surface area contributed by atoms with Crippen LogP contribution in [0.3, 0.4) is 0 Å². The Morgan fingerprint density at radius 1 is 1.03 bits per heavy atom. The van der Waals surface area contributed by atoms with Gasteiger partial charge in [-0.25, -0.2) is 9.67 Å². The quantitative estimate of drug-likeness (QED) is 0.670. The van der Waals surface area contributed by atoms with Gasteiger partial charge < -0.3 is 15.0 Å². The summed E-state index contributed by atoms with van der Waals surface area (Å²) in [6.45, 7) is 9.09. The summed E-state index contributed by atoms with van der Waals surface area (Å²) < 4.78 is 6.81. The third-order valence-corrected chi connectivity index (χ3v) is 5.74. The molecular weight excluding hydrogens is 406 g/mol. The third-order valence-electron chi connectivity index (χ3n) is 5.74. The van der Waals surface area contributed by atoms with Gasteiger partial charge in [0.2, 0.25) is 0 Å². The second kappa shape index (κ2) is 7.97. The number of hydrogen-bond donors (Lipinski definition) is 2. The van der Waals surface area contributed by atoms with Crippen molar-refractivity contribution in [3.63, 3.8) is 0 Å². The third kappa shape index (κ3) is 3.44. The molecule has 8 nitrogen and oxygen atoms in total. The highest BCUT2D eigenvalue weighted by atomic mass is 16.5. The summed E-state index contributed by atoms with van der Waals surface area (Å²) in [5, 5.41) is 5.70. The number of fused-ring (bicyclic) bond motifs is 1. The number of aromatic nitrogens is 2. The molecule has 0 radical (unpaired) electrons. The maximum atomic E-state index is 13.1. The number of aromatic amines is 1. The van der Waals surface area contributed by atoms with Crippen LogP contribution < -0.4 is 15.8 Å². The highest BCUT2D eigenvalue weighted by Gasteiger charge is 2.31. The molecule has 2 aromatic carbocycles. The van der Waals surface area contributed by atoms with Gasteiger partial charge in [0.05, 0.1) is 30.2 Å². The lowest BCUT2D eigenvalue weighted by Crippen LogP contribution is -2.36. The van der Waals surface area contributed by atoms with Crippen molar-refractivity contribution < 1.29 is 9.53 Å². The fourth-order valence-corrected chi connectivity index (χ4v) is 4.02. The van der Waals surface area contributed by atoms with Crippen LogP contribution in [0.5, 0.6) is 0 Å². The predicted molar refractivity (Wildman–Crippen MR) is 125 cm³/mol. The van der Waals surface area contributed by atoms with Crippen molar-refractivity contribution in [2.45, 2.75) is 6.92 Å². The van der Waals surface area contributed by atoms with E-state index < -0.39 is 5.91 Å². The fourth-order valence-electron chi connectivity index (χ4n) is 4.02. The first-order chi connectivity index (χ1) is 15.5. The van der Waals surface area contributed by atoms with Crippen molar-refractivity contribution in [1.82, 2.24) is 9.78 Å². The first-order valence-electron chi connectivity index (χ1n) is 10.5. The van der Waals surface area contributed by atoms with Crippen molar-refractivity contribution >= 4 is 34.4 Å². The van der Waals surface area contributed by atoms with Crippen LogP contribution in [0.1, 0.15) is 11.1 Å². The Morgan fingerprint density at radius 3 is 2.50 bits per heavy atom. The van der Waals surface area contributed by atoms with Gasteiger partial charge in [0.1, 0.15) is 11.5 Å². The molecule has 0 aliphatic carbocycles. The Morgan fingerprint density at radius 2 is 1.78 bits per heavy atom. The lowest BCUT2D eigenvalue weighted by Gasteiger charge is -2.29. The molecule has 0 spiro atoms. The van der Waals surface area contributed by atoms with Crippen LogP contribution in [0.2, 0.25) is 0 Å². The summed E-state index contributed by atoms with van der Waals surface area (Å²) in [7, 11) is 0. The monoisotopic (exact) mass is 429 g/mol. The molecule has 1 amide bonds. The fraction of sp³-hybridized carbons (Fsp3) is 0.208. The molecule has 0 unspecified atom stereocenters. The Balaban J connectivity index is 1.49. The summed E-state index contributed by atoms with van der Waals surface area (Å²) in [4.78, 5) is 32.7. The van der Waals surface area contributed by atoms with E-state index in [9.17, 15) is 9.59 Å². The molecule has 0 bridgehead atoms. The number of nitrogens with one attached hydrogen (secondary N) is 2. The SMILES string of the molecule is C=C1C(=Nc2ccc(N3CCOCC3)cc2C)C(=O)Nc2[nH]n(-c3ccccc3)c(=O)c21. The Hall–Kier alpha value is -3.91. The van der Waals surface area contributed by atoms with Gasteiger partial charge in [-0.05, 0) is 42.8 Å². The predicted octanol–water partition coefficient (Wildman–Crippen LogP) is 3.05. The first kappa shape index (κ1) is 20.0. The summed E-state index contributed by atoms with van der Waals surface area (Å²) in [5.41, 5.74) is 3.83. The highest BCUT2D eigenvalue weighted by molar-refractivity contribution is 6.60. The van der Waals surface area contributed by atoms with Crippen LogP contribution in [0.25, 0.3) is 11.3 Å². The number of benzene rings is 2. The van der Waals surface area contributed by atoms with Crippen LogP contribution in [-0.2, 0) is 9.53 Å². The number of carbonyl (C=O) groups excluding carboxylic acids is 1. The van der Waals surface area contributed by atoms with Gasteiger partial charge in [0.15, 0.2) is 0 Å². The number of H-pyrrole nitrogens is 1. The zero-order valence-corrected chi connectivity index (χ0v) is 17.7. The number of aliphatic imine (C=N–C) groups is 1. The van der Waals surface area contributed by atoms with E-state index in [0.29, 0.717) is 41.5 Å². The molecule has 2 aliphatic heterocycles. The zero-order chi connectivity index (χ0) is 22.2. The largest absolute Gasteiger partial charge is 0.378 e. The number of carbonyl (C=O) groups is 1. The van der Waals surface area contributed by atoms with E-state index in [4.69, 9.17) is 4.74 Å². The number of morpholine rings is 1. The number of nitrogens with zero attached hydrogens (tertiary/aromatic N) is 3. The molecule has 0 saturated carbocycles. The summed E-state index contributed by atoms with van der Waals surface area (Å²) in [6.07, 6.45) is 0. The van der Waals surface area contributed by atoms with Crippen molar-refractivity contribution in [3.8, 4) is 5.69 Å². The van der Waals surface area contributed by atoms with E-state index in [-0.39, 0.29) is 11.3 Å². The molecule has 1 aromatic heterocycles. The summed E-state index contributed by atoms with van der Waals surface area (Å²) >= 11 is 0. The van der Waals surface area contributed by atoms with Gasteiger partial charge in [-0.1, -0.05) is 24.8 Å². The molecule has 3 aromatic rings. The topological polar surface area (TPSA) is 91.7 Å².